The van der Waals surface area contributed by atoms with Gasteiger partial charge in [-0.3, -0.25) is 0 Å². The van der Waals surface area contributed by atoms with Crippen LogP contribution in [0.5, 0.6) is 0 Å². The Labute approximate surface area is 77.3 Å². The second-order valence-electron chi connectivity index (χ2n) is 3.76. The van der Waals surface area contributed by atoms with E-state index in [1.165, 1.54) is 16.0 Å². The van der Waals surface area contributed by atoms with Crippen molar-refractivity contribution >= 4 is 11.6 Å². The molecule has 1 fully saturated rings. The Kier molecular flexibility index (Phi) is 1.53. The Morgan fingerprint density at radius 2 is 2.15 bits per heavy atom. The van der Waals surface area contributed by atoms with E-state index in [1.807, 2.05) is 0 Å². The predicted molar refractivity (Wildman–Crippen MR) is 52.5 cm³/mol. The van der Waals surface area contributed by atoms with Gasteiger partial charge in [0.1, 0.15) is 0 Å². The third-order valence-corrected chi connectivity index (χ3v) is 3.00. The highest BCUT2D eigenvalue weighted by atomic mass is 16.5. The summed E-state index contributed by atoms with van der Waals surface area (Å²) >= 11 is 0. The number of hydrogen-bond acceptors (Lipinski definition) is 1. The van der Waals surface area contributed by atoms with Gasteiger partial charge in [-0.15, -0.1) is 0 Å². The van der Waals surface area contributed by atoms with Crippen LogP contribution in [0.3, 0.4) is 0 Å². The molecule has 1 heteroatoms. The molecule has 1 nitrogen and oxygen atoms in total. The summed E-state index contributed by atoms with van der Waals surface area (Å²) in [6, 6.07) is 8.62. The van der Waals surface area contributed by atoms with Crippen molar-refractivity contribution in [2.24, 2.45) is 5.92 Å². The standard InChI is InChI=1S/C12H12O/c1-2-4-11-9(3-1)5-6-10-7-13-8-12(10)11/h1-5,10H,6-8H2. The smallest absolute Gasteiger partial charge is 0.0689 e. The van der Waals surface area contributed by atoms with Gasteiger partial charge in [-0.1, -0.05) is 30.3 Å². The second kappa shape index (κ2) is 2.71. The molecule has 1 aromatic carbocycles. The highest BCUT2D eigenvalue weighted by Crippen LogP contribution is 2.24. The highest BCUT2D eigenvalue weighted by Gasteiger charge is 2.23. The number of hydrogen-bond donors (Lipinski definition) is 0. The Morgan fingerprint density at radius 3 is 3.15 bits per heavy atom. The van der Waals surface area contributed by atoms with Crippen molar-refractivity contribution in [1.29, 1.82) is 0 Å². The average molecular weight is 172 g/mol. The van der Waals surface area contributed by atoms with Crippen molar-refractivity contribution in [3.63, 3.8) is 0 Å². The van der Waals surface area contributed by atoms with E-state index in [0.29, 0.717) is 5.92 Å². The van der Waals surface area contributed by atoms with Crippen molar-refractivity contribution in [3.05, 3.63) is 34.7 Å². The topological polar surface area (TPSA) is 9.23 Å². The maximum Gasteiger partial charge on any atom is 0.0689 e. The van der Waals surface area contributed by atoms with Crippen LogP contribution in [-0.4, -0.2) is 13.2 Å². The molecule has 0 amide bonds. The second-order valence-corrected chi connectivity index (χ2v) is 3.76. The molecule has 3 rings (SSSR count). The van der Waals surface area contributed by atoms with Crippen LogP contribution in [0.2, 0.25) is 0 Å². The van der Waals surface area contributed by atoms with Crippen LogP contribution in [0, 0.1) is 5.92 Å². The molecule has 2 aliphatic rings. The molecule has 1 aromatic rings. The van der Waals surface area contributed by atoms with Crippen LogP contribution in [0.15, 0.2) is 24.3 Å². The molecule has 1 heterocycles. The molecule has 0 N–H and O–H groups in total. The van der Waals surface area contributed by atoms with Crippen molar-refractivity contribution in [1.82, 2.24) is 0 Å². The molecular weight excluding hydrogens is 160 g/mol. The normalized spacial score (nSPS) is 24.9. The number of benzene rings is 1. The van der Waals surface area contributed by atoms with Gasteiger partial charge in [0.15, 0.2) is 0 Å². The molecule has 0 radical (unpaired) electrons. The summed E-state index contributed by atoms with van der Waals surface area (Å²) in [6.45, 7) is 1.76. The fraction of sp³-hybridized carbons (Fsp3) is 0.333. The molecule has 1 unspecified atom stereocenters. The zero-order valence-corrected chi connectivity index (χ0v) is 7.49. The number of ether oxygens (including phenoxy) is 1. The lowest BCUT2D eigenvalue weighted by Gasteiger charge is -2.11. The Hall–Kier alpha value is -1.08. The number of fused-ring (bicyclic) bond motifs is 2. The van der Waals surface area contributed by atoms with Gasteiger partial charge in [0, 0.05) is 5.92 Å². The molecule has 1 saturated heterocycles. The first-order chi connectivity index (χ1) is 6.45. The summed E-state index contributed by atoms with van der Waals surface area (Å²) in [5.41, 5.74) is 1.51. The number of rotatable bonds is 0. The van der Waals surface area contributed by atoms with E-state index in [-0.39, 0.29) is 0 Å². The Balaban J connectivity index is 2.38. The van der Waals surface area contributed by atoms with Crippen LogP contribution in [-0.2, 0) is 4.74 Å². The minimum atomic E-state index is 0.662. The minimum absolute atomic E-state index is 0.662. The molecule has 1 atom stereocenters. The van der Waals surface area contributed by atoms with Gasteiger partial charge in [-0.2, -0.15) is 0 Å². The van der Waals surface area contributed by atoms with Crippen LogP contribution in [0.1, 0.15) is 6.42 Å². The van der Waals surface area contributed by atoms with Gasteiger partial charge in [0.2, 0.25) is 0 Å². The van der Waals surface area contributed by atoms with Crippen LogP contribution < -0.4 is 10.4 Å². The Morgan fingerprint density at radius 1 is 1.23 bits per heavy atom. The molecular formula is C12H12O. The van der Waals surface area contributed by atoms with Gasteiger partial charge in [0.25, 0.3) is 0 Å². The summed E-state index contributed by atoms with van der Waals surface area (Å²) in [7, 11) is 0. The maximum absolute atomic E-state index is 5.49. The fourth-order valence-electron chi connectivity index (χ4n) is 2.27. The summed E-state index contributed by atoms with van der Waals surface area (Å²) in [4.78, 5) is 0. The largest absolute Gasteiger partial charge is 0.376 e. The Bertz CT molecular complexity index is 444. The molecule has 13 heavy (non-hydrogen) atoms. The van der Waals surface area contributed by atoms with Gasteiger partial charge < -0.3 is 4.74 Å². The first-order valence-corrected chi connectivity index (χ1v) is 4.81. The fourth-order valence-corrected chi connectivity index (χ4v) is 2.27. The van der Waals surface area contributed by atoms with Crippen molar-refractivity contribution in [2.75, 3.05) is 13.2 Å². The van der Waals surface area contributed by atoms with E-state index in [2.05, 4.69) is 30.3 Å². The summed E-state index contributed by atoms with van der Waals surface area (Å²) in [5, 5.41) is 2.80. The first kappa shape index (κ1) is 7.34. The third kappa shape index (κ3) is 1.04. The summed E-state index contributed by atoms with van der Waals surface area (Å²) in [6.07, 6.45) is 3.49. The molecule has 1 aliphatic carbocycles. The van der Waals surface area contributed by atoms with Crippen LogP contribution in [0.4, 0.5) is 0 Å². The van der Waals surface area contributed by atoms with E-state index in [0.717, 1.165) is 19.6 Å². The lowest BCUT2D eigenvalue weighted by atomic mass is 9.91. The molecule has 0 spiro atoms. The first-order valence-electron chi connectivity index (χ1n) is 4.81. The molecule has 66 valence electrons. The van der Waals surface area contributed by atoms with E-state index in [1.54, 1.807) is 0 Å². The van der Waals surface area contributed by atoms with Gasteiger partial charge in [-0.25, -0.2) is 0 Å². The molecule has 0 aromatic heterocycles. The SMILES string of the molecule is C1=c2ccccc2=C2COCC2C1. The van der Waals surface area contributed by atoms with Crippen molar-refractivity contribution in [3.8, 4) is 0 Å². The lowest BCUT2D eigenvalue weighted by molar-refractivity contribution is 0.190. The van der Waals surface area contributed by atoms with Crippen molar-refractivity contribution in [2.45, 2.75) is 6.42 Å². The van der Waals surface area contributed by atoms with E-state index >= 15 is 0 Å². The highest BCUT2D eigenvalue weighted by molar-refractivity contribution is 5.56. The lowest BCUT2D eigenvalue weighted by Crippen LogP contribution is -2.31. The third-order valence-electron chi connectivity index (χ3n) is 3.00. The van der Waals surface area contributed by atoms with Crippen LogP contribution >= 0.6 is 0 Å². The van der Waals surface area contributed by atoms with Gasteiger partial charge >= 0.3 is 0 Å². The zero-order valence-electron chi connectivity index (χ0n) is 7.49. The van der Waals surface area contributed by atoms with E-state index in [9.17, 15) is 0 Å². The zero-order chi connectivity index (χ0) is 8.67. The molecule has 1 aliphatic heterocycles. The van der Waals surface area contributed by atoms with E-state index in [4.69, 9.17) is 4.74 Å². The van der Waals surface area contributed by atoms with Gasteiger partial charge in [0.05, 0.1) is 13.2 Å². The predicted octanol–water partition coefficient (Wildman–Crippen LogP) is 0.668. The van der Waals surface area contributed by atoms with Crippen LogP contribution in [0.25, 0.3) is 11.6 Å². The maximum atomic E-state index is 5.49. The monoisotopic (exact) mass is 172 g/mol. The quantitative estimate of drug-likeness (QED) is 0.559. The van der Waals surface area contributed by atoms with E-state index < -0.39 is 0 Å². The van der Waals surface area contributed by atoms with Gasteiger partial charge in [-0.05, 0) is 22.4 Å². The summed E-state index contributed by atoms with van der Waals surface area (Å²) < 4.78 is 5.49. The molecule has 0 saturated carbocycles. The molecule has 0 bridgehead atoms. The minimum Gasteiger partial charge on any atom is -0.376 e. The van der Waals surface area contributed by atoms with Crippen molar-refractivity contribution < 1.29 is 4.74 Å². The summed E-state index contributed by atoms with van der Waals surface area (Å²) in [5.74, 6) is 0.662. The average Bonchev–Trinajstić information content (AvgIpc) is 2.65.